The highest BCUT2D eigenvalue weighted by Gasteiger charge is 2.35. The highest BCUT2D eigenvalue weighted by Crippen LogP contribution is 2.41. The first kappa shape index (κ1) is 20.9. The fourth-order valence-electron chi connectivity index (χ4n) is 3.79. The summed E-state index contributed by atoms with van der Waals surface area (Å²) in [6.07, 6.45) is 4.42. The first-order chi connectivity index (χ1) is 10.2. The number of piperazine rings is 1. The highest BCUT2D eigenvalue weighted by atomic mass is 35.5. The number of hydrogen-bond acceptors (Lipinski definition) is 2. The van der Waals surface area contributed by atoms with Crippen molar-refractivity contribution < 1.29 is 8.78 Å². The summed E-state index contributed by atoms with van der Waals surface area (Å²) in [6, 6.07) is 2.32. The highest BCUT2D eigenvalue weighted by molar-refractivity contribution is 6.30. The van der Waals surface area contributed by atoms with Crippen molar-refractivity contribution in [3.63, 3.8) is 0 Å². The maximum Gasteiger partial charge on any atom is 0.132 e. The molecule has 0 unspecified atom stereocenters. The van der Waals surface area contributed by atoms with Crippen molar-refractivity contribution in [2.45, 2.75) is 31.7 Å². The molecule has 2 fully saturated rings. The molecule has 1 aliphatic carbocycles. The first-order valence-electron chi connectivity index (χ1n) is 7.76. The Kier molecular flexibility index (Phi) is 8.53. The van der Waals surface area contributed by atoms with E-state index < -0.39 is 11.6 Å². The topological polar surface area (TPSA) is 15.3 Å². The SMILES string of the molecule is Cl.Cl.Fc1cc(Cl)cc(F)c1[C@H](C1CCCC1)N1CCNCC1. The predicted octanol–water partition coefficient (Wildman–Crippen LogP) is 4.60. The lowest BCUT2D eigenvalue weighted by molar-refractivity contribution is 0.119. The van der Waals surface area contributed by atoms with E-state index in [0.717, 1.165) is 51.9 Å². The molecule has 1 atom stereocenters. The average Bonchev–Trinajstić information content (AvgIpc) is 2.97. The van der Waals surface area contributed by atoms with Gasteiger partial charge in [-0.15, -0.1) is 24.8 Å². The number of halogens is 5. The third kappa shape index (κ3) is 4.70. The zero-order valence-electron chi connectivity index (χ0n) is 12.9. The molecule has 2 aliphatic rings. The van der Waals surface area contributed by atoms with Crippen molar-refractivity contribution in [3.8, 4) is 0 Å². The van der Waals surface area contributed by atoms with Crippen molar-refractivity contribution >= 4 is 36.4 Å². The lowest BCUT2D eigenvalue weighted by atomic mass is 9.89. The molecule has 132 valence electrons. The lowest BCUT2D eigenvalue weighted by Crippen LogP contribution is -2.47. The second-order valence-electron chi connectivity index (χ2n) is 6.06. The summed E-state index contributed by atoms with van der Waals surface area (Å²) in [5, 5.41) is 3.42. The van der Waals surface area contributed by atoms with E-state index in [1.165, 1.54) is 12.1 Å². The van der Waals surface area contributed by atoms with Gasteiger partial charge in [0, 0.05) is 42.8 Å². The molecule has 1 saturated heterocycles. The predicted molar refractivity (Wildman–Crippen MR) is 95.0 cm³/mol. The van der Waals surface area contributed by atoms with Crippen LogP contribution in [0.2, 0.25) is 5.02 Å². The summed E-state index contributed by atoms with van der Waals surface area (Å²) < 4.78 is 28.8. The quantitative estimate of drug-likeness (QED) is 0.815. The first-order valence-corrected chi connectivity index (χ1v) is 8.14. The summed E-state index contributed by atoms with van der Waals surface area (Å²) in [5.74, 6) is -0.667. The Morgan fingerprint density at radius 2 is 1.57 bits per heavy atom. The minimum atomic E-state index is -0.504. The van der Waals surface area contributed by atoms with Crippen LogP contribution >= 0.6 is 36.4 Å². The van der Waals surface area contributed by atoms with Crippen LogP contribution in [0, 0.1) is 17.6 Å². The molecular weight excluding hydrogens is 365 g/mol. The molecule has 1 aliphatic heterocycles. The molecule has 1 saturated carbocycles. The van der Waals surface area contributed by atoms with Gasteiger partial charge in [0.15, 0.2) is 0 Å². The van der Waals surface area contributed by atoms with Gasteiger partial charge in [0.05, 0.1) is 0 Å². The van der Waals surface area contributed by atoms with Crippen molar-refractivity contribution in [1.82, 2.24) is 10.2 Å². The molecule has 2 nitrogen and oxygen atoms in total. The van der Waals surface area contributed by atoms with E-state index >= 15 is 0 Å². The molecule has 0 amide bonds. The fourth-order valence-corrected chi connectivity index (χ4v) is 3.98. The second kappa shape index (κ2) is 9.38. The van der Waals surface area contributed by atoms with E-state index in [1.807, 2.05) is 0 Å². The van der Waals surface area contributed by atoms with E-state index in [1.54, 1.807) is 0 Å². The van der Waals surface area contributed by atoms with E-state index in [2.05, 4.69) is 10.2 Å². The van der Waals surface area contributed by atoms with Gasteiger partial charge in [-0.25, -0.2) is 8.78 Å². The van der Waals surface area contributed by atoms with Crippen LogP contribution < -0.4 is 5.32 Å². The molecule has 3 rings (SSSR count). The molecule has 1 aromatic carbocycles. The summed E-state index contributed by atoms with van der Waals surface area (Å²) in [4.78, 5) is 2.24. The summed E-state index contributed by atoms with van der Waals surface area (Å²) in [6.45, 7) is 3.42. The van der Waals surface area contributed by atoms with Crippen LogP contribution in [0.5, 0.6) is 0 Å². The van der Waals surface area contributed by atoms with Gasteiger partial charge in [0.1, 0.15) is 11.6 Å². The third-order valence-corrected chi connectivity index (χ3v) is 4.95. The lowest BCUT2D eigenvalue weighted by Gasteiger charge is -2.38. The summed E-state index contributed by atoms with van der Waals surface area (Å²) in [5.41, 5.74) is 0.216. The Balaban J connectivity index is 0.00000132. The Morgan fingerprint density at radius 1 is 1.04 bits per heavy atom. The van der Waals surface area contributed by atoms with Crippen LogP contribution in [0.3, 0.4) is 0 Å². The molecule has 23 heavy (non-hydrogen) atoms. The van der Waals surface area contributed by atoms with Crippen LogP contribution in [0.4, 0.5) is 8.78 Å². The van der Waals surface area contributed by atoms with Crippen LogP contribution in [-0.2, 0) is 0 Å². The standard InChI is InChI=1S/C16H21ClF2N2.2ClH/c17-12-9-13(18)15(14(19)10-12)16(11-3-1-2-4-11)21-7-5-20-6-8-21;;/h9-11,16,20H,1-8H2;2*1H/t16-;;/m0../s1. The molecule has 0 aromatic heterocycles. The van der Waals surface area contributed by atoms with E-state index in [-0.39, 0.29) is 41.4 Å². The van der Waals surface area contributed by atoms with Gasteiger partial charge in [-0.3, -0.25) is 4.90 Å². The molecule has 0 spiro atoms. The molecule has 0 radical (unpaired) electrons. The third-order valence-electron chi connectivity index (χ3n) is 4.73. The van der Waals surface area contributed by atoms with Crippen LogP contribution in [0.25, 0.3) is 0 Å². The van der Waals surface area contributed by atoms with E-state index in [9.17, 15) is 8.78 Å². The van der Waals surface area contributed by atoms with Gasteiger partial charge in [-0.05, 0) is 30.9 Å². The van der Waals surface area contributed by atoms with Gasteiger partial charge in [0.2, 0.25) is 0 Å². The van der Waals surface area contributed by atoms with Gasteiger partial charge in [-0.2, -0.15) is 0 Å². The fraction of sp³-hybridized carbons (Fsp3) is 0.625. The smallest absolute Gasteiger partial charge is 0.132 e. The Morgan fingerprint density at radius 3 is 2.09 bits per heavy atom. The maximum atomic E-state index is 14.4. The van der Waals surface area contributed by atoms with Gasteiger partial charge >= 0.3 is 0 Å². The van der Waals surface area contributed by atoms with Crippen molar-refractivity contribution in [3.05, 3.63) is 34.4 Å². The normalized spacial score (nSPS) is 20.7. The van der Waals surface area contributed by atoms with Crippen LogP contribution in [-0.4, -0.2) is 31.1 Å². The zero-order chi connectivity index (χ0) is 14.8. The number of nitrogens with one attached hydrogen (secondary N) is 1. The molecular formula is C16H23Cl3F2N2. The maximum absolute atomic E-state index is 14.4. The minimum Gasteiger partial charge on any atom is -0.314 e. The van der Waals surface area contributed by atoms with Gasteiger partial charge < -0.3 is 5.32 Å². The Hall–Kier alpha value is -0.130. The summed E-state index contributed by atoms with van der Waals surface area (Å²) >= 11 is 5.77. The van der Waals surface area contributed by atoms with Gasteiger partial charge in [-0.1, -0.05) is 24.4 Å². The largest absolute Gasteiger partial charge is 0.314 e. The summed E-state index contributed by atoms with van der Waals surface area (Å²) in [7, 11) is 0. The molecule has 7 heteroatoms. The number of nitrogens with zero attached hydrogens (tertiary/aromatic N) is 1. The zero-order valence-corrected chi connectivity index (χ0v) is 15.3. The van der Waals surface area contributed by atoms with Crippen LogP contribution in [0.1, 0.15) is 37.3 Å². The monoisotopic (exact) mass is 386 g/mol. The number of hydrogen-bond donors (Lipinski definition) is 1. The van der Waals surface area contributed by atoms with E-state index in [4.69, 9.17) is 11.6 Å². The minimum absolute atomic E-state index is 0. The molecule has 1 heterocycles. The number of benzene rings is 1. The van der Waals surface area contributed by atoms with Crippen molar-refractivity contribution in [2.24, 2.45) is 5.92 Å². The van der Waals surface area contributed by atoms with Crippen LogP contribution in [0.15, 0.2) is 12.1 Å². The van der Waals surface area contributed by atoms with E-state index in [0.29, 0.717) is 5.92 Å². The number of rotatable bonds is 3. The molecule has 1 N–H and O–H groups in total. The Bertz CT molecular complexity index is 481. The molecule has 0 bridgehead atoms. The molecule has 1 aromatic rings. The van der Waals surface area contributed by atoms with Crippen molar-refractivity contribution in [1.29, 1.82) is 0 Å². The van der Waals surface area contributed by atoms with Gasteiger partial charge in [0.25, 0.3) is 0 Å². The second-order valence-corrected chi connectivity index (χ2v) is 6.49. The van der Waals surface area contributed by atoms with Crippen molar-refractivity contribution in [2.75, 3.05) is 26.2 Å². The average molecular weight is 388 g/mol. The Labute approximate surface area is 153 Å².